The fourth-order valence-corrected chi connectivity index (χ4v) is 2.05. The van der Waals surface area contributed by atoms with Gasteiger partial charge in [-0.05, 0) is 30.5 Å². The van der Waals surface area contributed by atoms with Crippen LogP contribution in [0.4, 0.5) is 5.69 Å². The summed E-state index contributed by atoms with van der Waals surface area (Å²) in [6.07, 6.45) is 1.14. The van der Waals surface area contributed by atoms with Gasteiger partial charge in [-0.1, -0.05) is 12.1 Å². The summed E-state index contributed by atoms with van der Waals surface area (Å²) < 4.78 is 10.4. The van der Waals surface area contributed by atoms with Crippen molar-refractivity contribution in [2.75, 3.05) is 12.8 Å². The highest BCUT2D eigenvalue weighted by Crippen LogP contribution is 2.45. The summed E-state index contributed by atoms with van der Waals surface area (Å²) >= 11 is 0. The average Bonchev–Trinajstić information content (AvgIpc) is 2.92. The molecule has 1 saturated carbocycles. The van der Waals surface area contributed by atoms with Crippen molar-refractivity contribution in [3.63, 3.8) is 0 Å². The molecule has 0 aliphatic heterocycles. The molecule has 1 fully saturated rings. The van der Waals surface area contributed by atoms with Gasteiger partial charge in [0.1, 0.15) is 5.75 Å². The third-order valence-electron chi connectivity index (χ3n) is 3.36. The third-order valence-corrected chi connectivity index (χ3v) is 3.36. The van der Waals surface area contributed by atoms with Crippen molar-refractivity contribution in [3.8, 4) is 17.2 Å². The number of nitrogens with two attached hydrogens (primary N) is 1. The molecule has 0 radical (unpaired) electrons. The second-order valence-electron chi connectivity index (χ2n) is 4.73. The molecule has 3 rings (SSSR count). The maximum absolute atomic E-state index is 5.86. The topological polar surface area (TPSA) is 74.2 Å². The zero-order valence-electron chi connectivity index (χ0n) is 10.4. The van der Waals surface area contributed by atoms with Crippen molar-refractivity contribution in [1.82, 2.24) is 10.1 Å². The van der Waals surface area contributed by atoms with E-state index in [1.807, 2.05) is 6.07 Å². The molecule has 5 heteroatoms. The minimum Gasteiger partial charge on any atom is -0.495 e. The van der Waals surface area contributed by atoms with E-state index >= 15 is 0 Å². The van der Waals surface area contributed by atoms with Crippen molar-refractivity contribution in [2.45, 2.75) is 19.3 Å². The fraction of sp³-hybridized carbons (Fsp3) is 0.385. The van der Waals surface area contributed by atoms with Gasteiger partial charge in [-0.15, -0.1) is 0 Å². The first-order valence-electron chi connectivity index (χ1n) is 5.96. The van der Waals surface area contributed by atoms with Gasteiger partial charge in [0.05, 0.1) is 12.8 Å². The van der Waals surface area contributed by atoms with Crippen molar-refractivity contribution in [1.29, 1.82) is 0 Å². The van der Waals surface area contributed by atoms with Gasteiger partial charge in [-0.2, -0.15) is 4.98 Å². The zero-order valence-corrected chi connectivity index (χ0v) is 10.4. The van der Waals surface area contributed by atoms with E-state index in [4.69, 9.17) is 15.0 Å². The minimum atomic E-state index is 0.457. The lowest BCUT2D eigenvalue weighted by atomic mass is 10.2. The molecular weight excluding hydrogens is 230 g/mol. The molecule has 2 unspecified atom stereocenters. The largest absolute Gasteiger partial charge is 0.495 e. The van der Waals surface area contributed by atoms with Gasteiger partial charge >= 0.3 is 0 Å². The lowest BCUT2D eigenvalue weighted by Crippen LogP contribution is -1.92. The van der Waals surface area contributed by atoms with E-state index in [0.29, 0.717) is 29.2 Å². The van der Waals surface area contributed by atoms with Gasteiger partial charge in [-0.25, -0.2) is 0 Å². The smallest absolute Gasteiger partial charge is 0.258 e. The van der Waals surface area contributed by atoms with E-state index in [2.05, 4.69) is 17.1 Å². The molecule has 94 valence electrons. The molecule has 1 heterocycles. The van der Waals surface area contributed by atoms with Crippen molar-refractivity contribution in [2.24, 2.45) is 5.92 Å². The Hall–Kier alpha value is -2.04. The summed E-state index contributed by atoms with van der Waals surface area (Å²) in [6, 6.07) is 5.45. The van der Waals surface area contributed by atoms with Crippen LogP contribution in [0, 0.1) is 5.92 Å². The summed E-state index contributed by atoms with van der Waals surface area (Å²) in [7, 11) is 1.59. The number of nitrogen functional groups attached to an aromatic ring is 1. The highest BCUT2D eigenvalue weighted by Gasteiger charge is 2.38. The molecule has 18 heavy (non-hydrogen) atoms. The second kappa shape index (κ2) is 4.01. The highest BCUT2D eigenvalue weighted by molar-refractivity contribution is 5.65. The van der Waals surface area contributed by atoms with Gasteiger partial charge in [0.25, 0.3) is 5.89 Å². The lowest BCUT2D eigenvalue weighted by molar-refractivity contribution is 0.416. The van der Waals surface area contributed by atoms with Gasteiger partial charge < -0.3 is 15.0 Å². The normalized spacial score (nSPS) is 21.9. The molecule has 2 atom stereocenters. The zero-order chi connectivity index (χ0) is 12.7. The monoisotopic (exact) mass is 245 g/mol. The SMILES string of the molecule is COc1ccc(-c2nc(C3CC3C)no2)cc1N. The number of ether oxygens (including phenoxy) is 1. The van der Waals surface area contributed by atoms with Crippen LogP contribution >= 0.6 is 0 Å². The average molecular weight is 245 g/mol. The first-order valence-corrected chi connectivity index (χ1v) is 5.96. The number of aromatic nitrogens is 2. The molecule has 1 aromatic carbocycles. The quantitative estimate of drug-likeness (QED) is 0.841. The maximum Gasteiger partial charge on any atom is 0.258 e. The molecule has 1 aliphatic carbocycles. The van der Waals surface area contributed by atoms with Crippen molar-refractivity contribution < 1.29 is 9.26 Å². The van der Waals surface area contributed by atoms with E-state index in [1.165, 1.54) is 0 Å². The predicted octanol–water partition coefficient (Wildman–Crippen LogP) is 2.45. The third kappa shape index (κ3) is 1.81. The Balaban J connectivity index is 1.90. The Kier molecular flexibility index (Phi) is 2.47. The van der Waals surface area contributed by atoms with E-state index < -0.39 is 0 Å². The molecule has 0 bridgehead atoms. The van der Waals surface area contributed by atoms with Gasteiger partial charge in [0.15, 0.2) is 5.82 Å². The molecule has 0 saturated heterocycles. The number of nitrogens with zero attached hydrogens (tertiary/aromatic N) is 2. The Morgan fingerprint density at radius 2 is 2.22 bits per heavy atom. The summed E-state index contributed by atoms with van der Waals surface area (Å²) in [4.78, 5) is 4.42. The van der Waals surface area contributed by atoms with Crippen LogP contribution in [0.3, 0.4) is 0 Å². The van der Waals surface area contributed by atoms with E-state index in [1.54, 1.807) is 19.2 Å². The van der Waals surface area contributed by atoms with E-state index in [-0.39, 0.29) is 0 Å². The summed E-state index contributed by atoms with van der Waals surface area (Å²) in [5.74, 6) is 3.08. The minimum absolute atomic E-state index is 0.457. The van der Waals surface area contributed by atoms with Crippen LogP contribution in [0.5, 0.6) is 5.75 Å². The summed E-state index contributed by atoms with van der Waals surface area (Å²) in [6.45, 7) is 2.19. The maximum atomic E-state index is 5.86. The Morgan fingerprint density at radius 3 is 2.83 bits per heavy atom. The van der Waals surface area contributed by atoms with Crippen LogP contribution in [0.1, 0.15) is 25.1 Å². The number of methoxy groups -OCH3 is 1. The number of hydrogen-bond acceptors (Lipinski definition) is 5. The fourth-order valence-electron chi connectivity index (χ4n) is 2.05. The summed E-state index contributed by atoms with van der Waals surface area (Å²) in [5.41, 5.74) is 7.24. The predicted molar refractivity (Wildman–Crippen MR) is 67.2 cm³/mol. The molecule has 2 N–H and O–H groups in total. The first-order chi connectivity index (χ1) is 8.69. The van der Waals surface area contributed by atoms with E-state index in [0.717, 1.165) is 17.8 Å². The van der Waals surface area contributed by atoms with Crippen LogP contribution in [0.25, 0.3) is 11.5 Å². The van der Waals surface area contributed by atoms with Crippen LogP contribution < -0.4 is 10.5 Å². The molecule has 1 aliphatic rings. The molecule has 2 aromatic rings. The Morgan fingerprint density at radius 1 is 1.44 bits per heavy atom. The standard InChI is InChI=1S/C13H15N3O2/c1-7-5-9(7)12-15-13(18-16-12)8-3-4-11(17-2)10(14)6-8/h3-4,6-7,9H,5,14H2,1-2H3. The number of hydrogen-bond donors (Lipinski definition) is 1. The number of anilines is 1. The molecule has 5 nitrogen and oxygen atoms in total. The van der Waals surface area contributed by atoms with Gasteiger partial charge in [0.2, 0.25) is 0 Å². The van der Waals surface area contributed by atoms with E-state index in [9.17, 15) is 0 Å². The molecular formula is C13H15N3O2. The molecule has 0 amide bonds. The van der Waals surface area contributed by atoms with Gasteiger partial charge in [-0.3, -0.25) is 0 Å². The first kappa shape index (κ1) is 11.1. The Bertz CT molecular complexity index is 579. The van der Waals surface area contributed by atoms with Crippen LogP contribution in [-0.4, -0.2) is 17.3 Å². The lowest BCUT2D eigenvalue weighted by Gasteiger charge is -2.04. The molecule has 0 spiro atoms. The van der Waals surface area contributed by atoms with Crippen LogP contribution in [-0.2, 0) is 0 Å². The van der Waals surface area contributed by atoms with Crippen LogP contribution in [0.2, 0.25) is 0 Å². The number of benzene rings is 1. The summed E-state index contributed by atoms with van der Waals surface area (Å²) in [5, 5.41) is 4.02. The number of rotatable bonds is 3. The van der Waals surface area contributed by atoms with Crippen molar-refractivity contribution in [3.05, 3.63) is 24.0 Å². The van der Waals surface area contributed by atoms with Crippen LogP contribution in [0.15, 0.2) is 22.7 Å². The Labute approximate surface area is 105 Å². The second-order valence-corrected chi connectivity index (χ2v) is 4.73. The molecule has 1 aromatic heterocycles. The van der Waals surface area contributed by atoms with Gasteiger partial charge in [0, 0.05) is 11.5 Å². The van der Waals surface area contributed by atoms with Crippen molar-refractivity contribution >= 4 is 5.69 Å². The highest BCUT2D eigenvalue weighted by atomic mass is 16.5.